The lowest BCUT2D eigenvalue weighted by Gasteiger charge is -2.11. The van der Waals surface area contributed by atoms with Gasteiger partial charge in [-0.25, -0.2) is 9.37 Å². The third kappa shape index (κ3) is 5.13. The molecule has 0 bridgehead atoms. The highest BCUT2D eigenvalue weighted by Crippen LogP contribution is 2.37. The van der Waals surface area contributed by atoms with Crippen LogP contribution in [-0.4, -0.2) is 16.8 Å². The number of carbonyl (C=O) groups excluding carboxylic acids is 2. The number of nitrogens with one attached hydrogen (secondary N) is 2. The standard InChI is InChI=1S/C26H19FN4O3S/c27-19-9-8-17(13-21(19)29-23(32)12-15-4-2-1-3-5-15)34-22-11-10-20-24(18(22)14-28)35-26(30-20)31-25(33)16-6-7-16/h1-5,8-11,13,16H,6-7,12H2,(H,29,32)(H,30,31,33). The van der Waals surface area contributed by atoms with E-state index >= 15 is 0 Å². The van der Waals surface area contributed by atoms with Crippen molar-refractivity contribution in [1.29, 1.82) is 5.26 Å². The topological polar surface area (TPSA) is 104 Å². The Morgan fingerprint density at radius 2 is 1.91 bits per heavy atom. The maximum absolute atomic E-state index is 14.4. The van der Waals surface area contributed by atoms with Crippen molar-refractivity contribution in [2.24, 2.45) is 5.92 Å². The van der Waals surface area contributed by atoms with Gasteiger partial charge in [0, 0.05) is 12.0 Å². The molecule has 174 valence electrons. The van der Waals surface area contributed by atoms with Crippen molar-refractivity contribution < 1.29 is 18.7 Å². The predicted molar refractivity (Wildman–Crippen MR) is 131 cm³/mol. The van der Waals surface area contributed by atoms with Gasteiger partial charge in [-0.05, 0) is 42.7 Å². The molecule has 0 atom stereocenters. The monoisotopic (exact) mass is 486 g/mol. The molecule has 35 heavy (non-hydrogen) atoms. The number of nitrogens with zero attached hydrogens (tertiary/aromatic N) is 2. The first kappa shape index (κ1) is 22.5. The minimum atomic E-state index is -0.603. The van der Waals surface area contributed by atoms with Gasteiger partial charge in [-0.1, -0.05) is 41.7 Å². The van der Waals surface area contributed by atoms with Gasteiger partial charge in [-0.2, -0.15) is 5.26 Å². The summed E-state index contributed by atoms with van der Waals surface area (Å²) in [4.78, 5) is 28.8. The molecule has 2 N–H and O–H groups in total. The highest BCUT2D eigenvalue weighted by Gasteiger charge is 2.30. The van der Waals surface area contributed by atoms with Gasteiger partial charge in [0.2, 0.25) is 11.8 Å². The third-order valence-corrected chi connectivity index (χ3v) is 6.46. The third-order valence-electron chi connectivity index (χ3n) is 5.46. The zero-order valence-corrected chi connectivity index (χ0v) is 19.2. The smallest absolute Gasteiger partial charge is 0.229 e. The molecule has 0 unspecified atom stereocenters. The number of ether oxygens (including phenoxy) is 1. The summed E-state index contributed by atoms with van der Waals surface area (Å²) in [5, 5.41) is 15.6. The van der Waals surface area contributed by atoms with Crippen LogP contribution in [0, 0.1) is 23.1 Å². The molecule has 0 aliphatic heterocycles. The summed E-state index contributed by atoms with van der Waals surface area (Å²) >= 11 is 1.20. The number of fused-ring (bicyclic) bond motifs is 1. The number of rotatable bonds is 7. The molecule has 2 amide bonds. The molecule has 1 heterocycles. The fourth-order valence-corrected chi connectivity index (χ4v) is 4.49. The fourth-order valence-electron chi connectivity index (χ4n) is 3.54. The second-order valence-electron chi connectivity index (χ2n) is 8.14. The van der Waals surface area contributed by atoms with Crippen molar-refractivity contribution in [1.82, 2.24) is 4.98 Å². The Morgan fingerprint density at radius 1 is 1.11 bits per heavy atom. The number of benzene rings is 3. The van der Waals surface area contributed by atoms with E-state index < -0.39 is 5.82 Å². The summed E-state index contributed by atoms with van der Waals surface area (Å²) in [6.45, 7) is 0. The van der Waals surface area contributed by atoms with Gasteiger partial charge >= 0.3 is 0 Å². The molecule has 0 spiro atoms. The zero-order valence-electron chi connectivity index (χ0n) is 18.4. The molecule has 9 heteroatoms. The van der Waals surface area contributed by atoms with Crippen molar-refractivity contribution in [2.45, 2.75) is 19.3 Å². The highest BCUT2D eigenvalue weighted by molar-refractivity contribution is 7.22. The maximum Gasteiger partial charge on any atom is 0.229 e. The number of halogens is 1. The normalized spacial score (nSPS) is 12.7. The van der Waals surface area contributed by atoms with Crippen LogP contribution in [0.3, 0.4) is 0 Å². The second-order valence-corrected chi connectivity index (χ2v) is 9.13. The Labute approximate surface area is 204 Å². The van der Waals surface area contributed by atoms with Crippen LogP contribution in [0.25, 0.3) is 10.2 Å². The highest BCUT2D eigenvalue weighted by atomic mass is 32.1. The Hall–Kier alpha value is -4.29. The summed E-state index contributed by atoms with van der Waals surface area (Å²) in [6, 6.07) is 18.6. The molecule has 3 aromatic carbocycles. The lowest BCUT2D eigenvalue weighted by Crippen LogP contribution is -2.15. The summed E-state index contributed by atoms with van der Waals surface area (Å²) < 4.78 is 20.8. The summed E-state index contributed by atoms with van der Waals surface area (Å²) in [6.07, 6.45) is 1.86. The van der Waals surface area contributed by atoms with Gasteiger partial charge in [0.15, 0.2) is 5.13 Å². The average molecular weight is 487 g/mol. The van der Waals surface area contributed by atoms with Crippen LogP contribution in [0.1, 0.15) is 24.0 Å². The van der Waals surface area contributed by atoms with Crippen LogP contribution in [0.2, 0.25) is 0 Å². The first-order valence-electron chi connectivity index (χ1n) is 11.0. The minimum absolute atomic E-state index is 0.0223. The van der Waals surface area contributed by atoms with E-state index in [1.165, 1.54) is 29.5 Å². The molecule has 1 aliphatic carbocycles. The lowest BCUT2D eigenvalue weighted by atomic mass is 10.1. The zero-order chi connectivity index (χ0) is 24.4. The van der Waals surface area contributed by atoms with Crippen LogP contribution < -0.4 is 15.4 Å². The van der Waals surface area contributed by atoms with Crippen LogP contribution in [0.4, 0.5) is 15.2 Å². The molecule has 0 radical (unpaired) electrons. The van der Waals surface area contributed by atoms with Crippen LogP contribution in [0.5, 0.6) is 11.5 Å². The molecule has 1 aromatic heterocycles. The number of hydrogen-bond acceptors (Lipinski definition) is 6. The molecule has 1 aliphatic rings. The quantitative estimate of drug-likeness (QED) is 0.352. The van der Waals surface area contributed by atoms with Gasteiger partial charge < -0.3 is 15.4 Å². The Balaban J connectivity index is 1.35. The van der Waals surface area contributed by atoms with E-state index in [-0.39, 0.29) is 46.9 Å². The Kier molecular flexibility index (Phi) is 6.12. The van der Waals surface area contributed by atoms with Crippen molar-refractivity contribution in [3.8, 4) is 17.6 Å². The van der Waals surface area contributed by atoms with Crippen molar-refractivity contribution in [3.63, 3.8) is 0 Å². The van der Waals surface area contributed by atoms with E-state index in [0.717, 1.165) is 18.4 Å². The summed E-state index contributed by atoms with van der Waals surface area (Å²) in [5.41, 5.74) is 1.61. The number of thiazole rings is 1. The van der Waals surface area contributed by atoms with E-state index in [4.69, 9.17) is 4.74 Å². The molecule has 7 nitrogen and oxygen atoms in total. The Bertz CT molecular complexity index is 1480. The maximum atomic E-state index is 14.4. The summed E-state index contributed by atoms with van der Waals surface area (Å²) in [7, 11) is 0. The molecular weight excluding hydrogens is 467 g/mol. The lowest BCUT2D eigenvalue weighted by molar-refractivity contribution is -0.117. The predicted octanol–water partition coefficient (Wildman–Crippen LogP) is 5.63. The second kappa shape index (κ2) is 9.52. The summed E-state index contributed by atoms with van der Waals surface area (Å²) in [5.74, 6) is -0.477. The molecule has 1 fully saturated rings. The van der Waals surface area contributed by atoms with E-state index in [1.807, 2.05) is 30.3 Å². The number of aromatic nitrogens is 1. The van der Waals surface area contributed by atoms with E-state index in [1.54, 1.807) is 12.1 Å². The van der Waals surface area contributed by atoms with E-state index in [0.29, 0.717) is 15.3 Å². The number of nitriles is 1. The van der Waals surface area contributed by atoms with E-state index in [9.17, 15) is 19.2 Å². The first-order chi connectivity index (χ1) is 17.0. The van der Waals surface area contributed by atoms with E-state index in [2.05, 4.69) is 21.7 Å². The van der Waals surface area contributed by atoms with Gasteiger partial charge in [0.05, 0.1) is 22.3 Å². The first-order valence-corrected chi connectivity index (χ1v) is 11.8. The fraction of sp³-hybridized carbons (Fsp3) is 0.154. The van der Waals surface area contributed by atoms with Crippen LogP contribution in [-0.2, 0) is 16.0 Å². The molecular formula is C26H19FN4O3S. The number of anilines is 2. The van der Waals surface area contributed by atoms with Crippen LogP contribution in [0.15, 0.2) is 60.7 Å². The van der Waals surface area contributed by atoms with Gasteiger partial charge in [0.1, 0.15) is 28.9 Å². The molecule has 4 aromatic rings. The largest absolute Gasteiger partial charge is 0.456 e. The van der Waals surface area contributed by atoms with Gasteiger partial charge in [0.25, 0.3) is 0 Å². The molecule has 5 rings (SSSR count). The van der Waals surface area contributed by atoms with Crippen molar-refractivity contribution >= 4 is 44.2 Å². The van der Waals surface area contributed by atoms with Gasteiger partial charge in [-0.3, -0.25) is 9.59 Å². The van der Waals surface area contributed by atoms with Crippen molar-refractivity contribution in [2.75, 3.05) is 10.6 Å². The molecule has 1 saturated carbocycles. The number of carbonyl (C=O) groups is 2. The average Bonchev–Trinajstić information content (AvgIpc) is 3.62. The minimum Gasteiger partial charge on any atom is -0.456 e. The van der Waals surface area contributed by atoms with Crippen LogP contribution >= 0.6 is 11.3 Å². The number of hydrogen-bond donors (Lipinski definition) is 2. The van der Waals surface area contributed by atoms with Gasteiger partial charge in [-0.15, -0.1) is 0 Å². The number of amides is 2. The van der Waals surface area contributed by atoms with Crippen molar-refractivity contribution in [3.05, 3.63) is 77.6 Å². The SMILES string of the molecule is N#Cc1c(Oc2ccc(F)c(NC(=O)Cc3ccccc3)c2)ccc2nc(NC(=O)C3CC3)sc12. The molecule has 0 saturated heterocycles. The Morgan fingerprint density at radius 3 is 2.66 bits per heavy atom.